The van der Waals surface area contributed by atoms with Gasteiger partial charge in [-0.15, -0.1) is 0 Å². The Morgan fingerprint density at radius 1 is 1.40 bits per heavy atom. The van der Waals surface area contributed by atoms with Crippen LogP contribution >= 0.6 is 11.8 Å². The van der Waals surface area contributed by atoms with E-state index >= 15 is 0 Å². The molecule has 1 amide bonds. The van der Waals surface area contributed by atoms with Crippen molar-refractivity contribution in [1.82, 2.24) is 0 Å². The molecule has 0 spiro atoms. The van der Waals surface area contributed by atoms with Gasteiger partial charge >= 0.3 is 5.97 Å². The highest BCUT2D eigenvalue weighted by Gasteiger charge is 2.35. The number of esters is 1. The smallest absolute Gasteiger partial charge is 0.338 e. The molecule has 1 unspecified atom stereocenters. The number of amides is 1. The molecule has 0 N–H and O–H groups in total. The summed E-state index contributed by atoms with van der Waals surface area (Å²) < 4.78 is 5.01. The van der Waals surface area contributed by atoms with Gasteiger partial charge in [0, 0.05) is 30.7 Å². The van der Waals surface area contributed by atoms with Gasteiger partial charge in [-0.1, -0.05) is 17.8 Å². The molecule has 1 aromatic rings. The van der Waals surface area contributed by atoms with Crippen LogP contribution in [0.3, 0.4) is 0 Å². The highest BCUT2D eigenvalue weighted by atomic mass is 32.2. The van der Waals surface area contributed by atoms with Gasteiger partial charge in [0.05, 0.1) is 11.3 Å². The topological polar surface area (TPSA) is 63.7 Å². The molecule has 0 saturated carbocycles. The first-order chi connectivity index (χ1) is 9.56. The number of carbonyl (C=O) groups excluding carboxylic acids is 3. The van der Waals surface area contributed by atoms with E-state index in [0.717, 1.165) is 11.3 Å². The van der Waals surface area contributed by atoms with Crippen molar-refractivity contribution in [3.63, 3.8) is 0 Å². The van der Waals surface area contributed by atoms with E-state index in [1.54, 1.807) is 17.0 Å². The van der Waals surface area contributed by atoms with Gasteiger partial charge in [0.25, 0.3) is 0 Å². The third-order valence-corrected chi connectivity index (χ3v) is 4.41. The Labute approximate surface area is 120 Å². The van der Waals surface area contributed by atoms with Crippen molar-refractivity contribution in [2.45, 2.75) is 25.2 Å². The van der Waals surface area contributed by atoms with Crippen molar-refractivity contribution in [3.8, 4) is 0 Å². The predicted octanol–water partition coefficient (Wildman–Crippen LogP) is 1.74. The largest absolute Gasteiger partial charge is 0.457 e. The molecule has 2 heterocycles. The van der Waals surface area contributed by atoms with Crippen molar-refractivity contribution in [2.24, 2.45) is 0 Å². The normalized spacial score (nSPS) is 21.1. The van der Waals surface area contributed by atoms with Gasteiger partial charge in [-0.3, -0.25) is 9.59 Å². The van der Waals surface area contributed by atoms with E-state index in [0.29, 0.717) is 18.5 Å². The second-order valence-electron chi connectivity index (χ2n) is 4.82. The summed E-state index contributed by atoms with van der Waals surface area (Å²) in [6.45, 7) is 2.21. The average Bonchev–Trinajstić information content (AvgIpc) is 2.93. The number of anilines is 1. The Balaban J connectivity index is 1.89. The maximum Gasteiger partial charge on any atom is 0.338 e. The molecule has 1 aromatic carbocycles. The lowest BCUT2D eigenvalue weighted by Crippen LogP contribution is -2.26. The van der Waals surface area contributed by atoms with Gasteiger partial charge in [0.15, 0.2) is 5.12 Å². The summed E-state index contributed by atoms with van der Waals surface area (Å²) in [4.78, 5) is 36.5. The number of thioether (sulfide) groups is 1. The zero-order valence-electron chi connectivity index (χ0n) is 10.9. The van der Waals surface area contributed by atoms with E-state index in [9.17, 15) is 14.4 Å². The monoisotopic (exact) mass is 291 g/mol. The third kappa shape index (κ3) is 2.20. The molecule has 2 aliphatic heterocycles. The molecule has 0 radical (unpaired) electrons. The minimum absolute atomic E-state index is 0.0152. The number of hydrogen-bond acceptors (Lipinski definition) is 5. The van der Waals surface area contributed by atoms with Crippen LogP contribution in [0.1, 0.15) is 29.3 Å². The molecule has 3 rings (SSSR count). The highest BCUT2D eigenvalue weighted by molar-refractivity contribution is 8.14. The molecule has 1 fully saturated rings. The Morgan fingerprint density at radius 2 is 2.20 bits per heavy atom. The van der Waals surface area contributed by atoms with E-state index in [1.165, 1.54) is 18.7 Å². The number of carbonyl (C=O) groups is 3. The molecule has 6 heteroatoms. The van der Waals surface area contributed by atoms with Gasteiger partial charge in [-0.2, -0.15) is 0 Å². The Hall–Kier alpha value is -1.82. The minimum atomic E-state index is -0.344. The first kappa shape index (κ1) is 13.2. The van der Waals surface area contributed by atoms with Gasteiger partial charge in [-0.05, 0) is 12.1 Å². The van der Waals surface area contributed by atoms with Crippen LogP contribution < -0.4 is 4.90 Å². The molecule has 1 saturated heterocycles. The fourth-order valence-corrected chi connectivity index (χ4v) is 3.53. The van der Waals surface area contributed by atoms with E-state index in [-0.39, 0.29) is 28.8 Å². The number of hydrogen-bond donors (Lipinski definition) is 0. The Bertz CT molecular complexity index is 613. The van der Waals surface area contributed by atoms with Crippen LogP contribution in [0.4, 0.5) is 5.69 Å². The Morgan fingerprint density at radius 3 is 2.95 bits per heavy atom. The molecule has 104 valence electrons. The van der Waals surface area contributed by atoms with Crippen LogP contribution in [-0.2, 0) is 20.9 Å². The summed E-state index contributed by atoms with van der Waals surface area (Å²) in [5, 5.41) is -0.00432. The lowest BCUT2D eigenvalue weighted by Gasteiger charge is -2.18. The lowest BCUT2D eigenvalue weighted by molar-refractivity contribution is -0.117. The summed E-state index contributed by atoms with van der Waals surface area (Å²) in [5.41, 5.74) is 2.02. The number of benzene rings is 1. The maximum atomic E-state index is 12.1. The molecular formula is C14H13NO4S. The summed E-state index contributed by atoms with van der Waals surface area (Å²) in [7, 11) is 0. The van der Waals surface area contributed by atoms with Crippen molar-refractivity contribution in [3.05, 3.63) is 29.3 Å². The van der Waals surface area contributed by atoms with Crippen molar-refractivity contribution >= 4 is 34.4 Å². The second kappa shape index (κ2) is 4.94. The number of rotatable bonds is 2. The average molecular weight is 291 g/mol. The second-order valence-corrected chi connectivity index (χ2v) is 6.30. The van der Waals surface area contributed by atoms with E-state index < -0.39 is 0 Å². The molecule has 20 heavy (non-hydrogen) atoms. The quantitative estimate of drug-likeness (QED) is 0.777. The minimum Gasteiger partial charge on any atom is -0.457 e. The lowest BCUT2D eigenvalue weighted by atomic mass is 10.1. The molecule has 1 atom stereocenters. The van der Waals surface area contributed by atoms with Crippen LogP contribution in [0, 0.1) is 0 Å². The van der Waals surface area contributed by atoms with Gasteiger partial charge in [0.2, 0.25) is 5.91 Å². The molecule has 0 aliphatic carbocycles. The van der Waals surface area contributed by atoms with Gasteiger partial charge in [0.1, 0.15) is 6.61 Å². The highest BCUT2D eigenvalue weighted by Crippen LogP contribution is 2.34. The number of cyclic esters (lactones) is 1. The molecule has 5 nitrogen and oxygen atoms in total. The number of fused-ring (bicyclic) bond motifs is 1. The third-order valence-electron chi connectivity index (χ3n) is 3.43. The first-order valence-electron chi connectivity index (χ1n) is 6.33. The summed E-state index contributed by atoms with van der Waals surface area (Å²) in [5.74, 6) is -0.361. The van der Waals surface area contributed by atoms with E-state index in [2.05, 4.69) is 0 Å². The van der Waals surface area contributed by atoms with Crippen LogP contribution in [0.2, 0.25) is 0 Å². The molecule has 0 bridgehead atoms. The molecule has 0 aromatic heterocycles. The fraction of sp³-hybridized carbons (Fsp3) is 0.357. The van der Waals surface area contributed by atoms with Crippen LogP contribution in [-0.4, -0.2) is 28.8 Å². The number of ether oxygens (including phenoxy) is 1. The number of nitrogens with zero attached hydrogens (tertiary/aromatic N) is 1. The van der Waals surface area contributed by atoms with E-state index in [4.69, 9.17) is 4.74 Å². The predicted molar refractivity (Wildman–Crippen MR) is 74.6 cm³/mol. The Kier molecular flexibility index (Phi) is 3.25. The zero-order chi connectivity index (χ0) is 14.3. The summed E-state index contributed by atoms with van der Waals surface area (Å²) in [6.07, 6.45) is 0.350. The fourth-order valence-electron chi connectivity index (χ4n) is 2.61. The first-order valence-corrected chi connectivity index (χ1v) is 7.21. The van der Waals surface area contributed by atoms with Crippen molar-refractivity contribution < 1.29 is 19.1 Å². The molecular weight excluding hydrogens is 278 g/mol. The SMILES string of the molecule is CC(=O)SC1CC(=O)N(c2cccc3c2COC3=O)C1. The van der Waals surface area contributed by atoms with Gasteiger partial charge < -0.3 is 9.64 Å². The standard InChI is InChI=1S/C14H13NO4S/c1-8(16)20-9-5-13(17)15(6-9)12-4-2-3-10-11(12)7-19-14(10)18/h2-4,9H,5-7H2,1H3. The molecule has 2 aliphatic rings. The maximum absolute atomic E-state index is 12.1. The summed E-state index contributed by atoms with van der Waals surface area (Å²) in [6, 6.07) is 5.27. The van der Waals surface area contributed by atoms with Gasteiger partial charge in [-0.25, -0.2) is 4.79 Å². The van der Waals surface area contributed by atoms with Crippen LogP contribution in [0.5, 0.6) is 0 Å². The van der Waals surface area contributed by atoms with Crippen LogP contribution in [0.15, 0.2) is 18.2 Å². The summed E-state index contributed by atoms with van der Waals surface area (Å²) >= 11 is 1.20. The van der Waals surface area contributed by atoms with Crippen molar-refractivity contribution in [1.29, 1.82) is 0 Å². The van der Waals surface area contributed by atoms with Crippen molar-refractivity contribution in [2.75, 3.05) is 11.4 Å². The van der Waals surface area contributed by atoms with Crippen LogP contribution in [0.25, 0.3) is 0 Å². The van der Waals surface area contributed by atoms with E-state index in [1.807, 2.05) is 6.07 Å². The zero-order valence-corrected chi connectivity index (χ0v) is 11.7.